The number of phenolic OH excluding ortho intramolecular Hbond substituents is 1. The van der Waals surface area contributed by atoms with Crippen LogP contribution in [0.5, 0.6) is 11.5 Å². The zero-order chi connectivity index (χ0) is 19.3. The number of aromatic hydroxyl groups is 1. The van der Waals surface area contributed by atoms with E-state index in [2.05, 4.69) is 5.48 Å². The van der Waals surface area contributed by atoms with E-state index in [4.69, 9.17) is 9.57 Å². The number of aliphatic hydroxyl groups is 1. The predicted molar refractivity (Wildman–Crippen MR) is 107 cm³/mol. The van der Waals surface area contributed by atoms with Gasteiger partial charge in [-0.2, -0.15) is 0 Å². The lowest BCUT2D eigenvalue weighted by atomic mass is 9.88. The first kappa shape index (κ1) is 18.3. The van der Waals surface area contributed by atoms with Gasteiger partial charge in [0.1, 0.15) is 11.5 Å². The number of aliphatic hydroxyl groups excluding tert-OH is 1. The van der Waals surface area contributed by atoms with Crippen LogP contribution in [0.4, 0.5) is 5.69 Å². The van der Waals surface area contributed by atoms with Gasteiger partial charge in [-0.05, 0) is 47.9 Å². The molecule has 0 spiro atoms. The summed E-state index contributed by atoms with van der Waals surface area (Å²) in [6.45, 7) is 0.904. The highest BCUT2D eigenvalue weighted by atomic mass is 16.6. The number of rotatable bonds is 6. The first-order chi connectivity index (χ1) is 13.7. The number of phenols is 1. The Bertz CT molecular complexity index is 929. The first-order valence-electron chi connectivity index (χ1n) is 9.33. The highest BCUT2D eigenvalue weighted by Gasteiger charge is 2.29. The zero-order valence-corrected chi connectivity index (χ0v) is 15.4. The third-order valence-corrected chi connectivity index (χ3v) is 4.91. The summed E-state index contributed by atoms with van der Waals surface area (Å²) in [7, 11) is 0. The summed E-state index contributed by atoms with van der Waals surface area (Å²) >= 11 is 0. The van der Waals surface area contributed by atoms with E-state index in [-0.39, 0.29) is 11.7 Å². The quantitative estimate of drug-likeness (QED) is 0.561. The van der Waals surface area contributed by atoms with Gasteiger partial charge in [0.25, 0.3) is 0 Å². The second-order valence-electron chi connectivity index (χ2n) is 7.02. The minimum Gasteiger partial charge on any atom is -0.508 e. The Morgan fingerprint density at radius 2 is 1.79 bits per heavy atom. The van der Waals surface area contributed by atoms with Crippen molar-refractivity contribution >= 4 is 5.69 Å². The Morgan fingerprint density at radius 1 is 0.964 bits per heavy atom. The van der Waals surface area contributed by atoms with Crippen LogP contribution in [-0.2, 0) is 17.9 Å². The lowest BCUT2D eigenvalue weighted by molar-refractivity contribution is 0.0505. The maximum absolute atomic E-state index is 10.7. The van der Waals surface area contributed by atoms with Crippen molar-refractivity contribution in [2.24, 2.45) is 5.92 Å². The third-order valence-electron chi connectivity index (χ3n) is 4.91. The Kier molecular flexibility index (Phi) is 5.46. The van der Waals surface area contributed by atoms with E-state index in [1.807, 2.05) is 54.6 Å². The lowest BCUT2D eigenvalue weighted by Crippen LogP contribution is -2.27. The molecule has 0 fully saturated rings. The molecule has 1 heterocycles. The van der Waals surface area contributed by atoms with Gasteiger partial charge in [0.05, 0.1) is 25.0 Å². The Hall–Kier alpha value is -3.02. The van der Waals surface area contributed by atoms with Crippen LogP contribution in [0.1, 0.15) is 22.8 Å². The first-order valence-corrected chi connectivity index (χ1v) is 9.33. The third kappa shape index (κ3) is 4.27. The van der Waals surface area contributed by atoms with Crippen molar-refractivity contribution in [3.63, 3.8) is 0 Å². The van der Waals surface area contributed by atoms with Crippen LogP contribution >= 0.6 is 0 Å². The van der Waals surface area contributed by atoms with Crippen molar-refractivity contribution in [1.29, 1.82) is 0 Å². The number of fused-ring (bicyclic) bond motifs is 1. The Morgan fingerprint density at radius 3 is 2.64 bits per heavy atom. The van der Waals surface area contributed by atoms with E-state index >= 15 is 0 Å². The van der Waals surface area contributed by atoms with E-state index in [0.29, 0.717) is 30.9 Å². The van der Waals surface area contributed by atoms with Gasteiger partial charge < -0.3 is 14.9 Å². The van der Waals surface area contributed by atoms with Crippen molar-refractivity contribution in [2.75, 3.05) is 12.1 Å². The van der Waals surface area contributed by atoms with Crippen LogP contribution < -0.4 is 10.2 Å². The average Bonchev–Trinajstić information content (AvgIpc) is 2.72. The average molecular weight is 377 g/mol. The van der Waals surface area contributed by atoms with Crippen LogP contribution in [0.15, 0.2) is 72.8 Å². The van der Waals surface area contributed by atoms with Gasteiger partial charge in [0.15, 0.2) is 0 Å². The molecule has 0 aliphatic carbocycles. The largest absolute Gasteiger partial charge is 0.508 e. The van der Waals surface area contributed by atoms with Gasteiger partial charge in [-0.3, -0.25) is 10.3 Å². The van der Waals surface area contributed by atoms with E-state index in [0.717, 1.165) is 16.8 Å². The maximum atomic E-state index is 10.7. The van der Waals surface area contributed by atoms with Crippen LogP contribution in [0.3, 0.4) is 0 Å². The van der Waals surface area contributed by atoms with Gasteiger partial charge in [-0.15, -0.1) is 0 Å². The molecule has 0 radical (unpaired) electrons. The van der Waals surface area contributed by atoms with Crippen LogP contribution in [0, 0.1) is 5.92 Å². The number of benzene rings is 3. The molecule has 2 atom stereocenters. The molecule has 28 heavy (non-hydrogen) atoms. The molecule has 3 aromatic carbocycles. The second-order valence-corrected chi connectivity index (χ2v) is 7.02. The SMILES string of the molecule is Oc1ccc2c(c1)C(O)C(Cc1cccc(NOCc3ccccc3)c1)CO2. The van der Waals surface area contributed by atoms with Crippen molar-refractivity contribution < 1.29 is 19.8 Å². The van der Waals surface area contributed by atoms with Crippen LogP contribution in [0.2, 0.25) is 0 Å². The molecule has 0 bridgehead atoms. The molecule has 1 aliphatic rings. The molecule has 0 saturated heterocycles. The predicted octanol–water partition coefficient (Wildman–Crippen LogP) is 4.22. The molecule has 1 aliphatic heterocycles. The van der Waals surface area contributed by atoms with Crippen LogP contribution in [-0.4, -0.2) is 16.8 Å². The molecule has 2 unspecified atom stereocenters. The molecule has 5 nitrogen and oxygen atoms in total. The number of anilines is 1. The van der Waals surface area contributed by atoms with Crippen LogP contribution in [0.25, 0.3) is 0 Å². The number of hydrogen-bond acceptors (Lipinski definition) is 5. The standard InChI is InChI=1S/C23H23NO4/c25-20-9-10-22-21(13-20)23(26)18(15-27-22)11-17-7-4-8-19(12-17)24-28-14-16-5-2-1-3-6-16/h1-10,12-13,18,23-26H,11,14-15H2. The van der Waals surface area contributed by atoms with E-state index in [9.17, 15) is 10.2 Å². The summed E-state index contributed by atoms with van der Waals surface area (Å²) in [5, 5.41) is 20.4. The smallest absolute Gasteiger partial charge is 0.125 e. The fourth-order valence-electron chi connectivity index (χ4n) is 3.45. The van der Waals surface area contributed by atoms with Gasteiger partial charge in [-0.25, -0.2) is 0 Å². The summed E-state index contributed by atoms with van der Waals surface area (Å²) in [6.07, 6.45) is -0.0217. The lowest BCUT2D eigenvalue weighted by Gasteiger charge is -2.30. The molecular weight excluding hydrogens is 354 g/mol. The topological polar surface area (TPSA) is 71.0 Å². The highest BCUT2D eigenvalue weighted by molar-refractivity contribution is 5.45. The zero-order valence-electron chi connectivity index (χ0n) is 15.4. The Labute approximate surface area is 164 Å². The van der Waals surface area contributed by atoms with Gasteiger partial charge in [0, 0.05) is 11.5 Å². The molecule has 144 valence electrons. The minimum atomic E-state index is -0.679. The fraction of sp³-hybridized carbons (Fsp3) is 0.217. The number of nitrogens with one attached hydrogen (secondary N) is 1. The van der Waals surface area contributed by atoms with Gasteiger partial charge in [0.2, 0.25) is 0 Å². The van der Waals surface area contributed by atoms with Crippen molar-refractivity contribution in [1.82, 2.24) is 0 Å². The summed E-state index contributed by atoms with van der Waals surface area (Å²) in [6, 6.07) is 22.7. The summed E-state index contributed by atoms with van der Waals surface area (Å²) < 4.78 is 5.77. The van der Waals surface area contributed by atoms with E-state index in [1.165, 1.54) is 0 Å². The molecular formula is C23H23NO4. The molecule has 0 saturated carbocycles. The molecule has 0 aromatic heterocycles. The number of hydrogen-bond donors (Lipinski definition) is 3. The summed E-state index contributed by atoms with van der Waals surface area (Å²) in [5.74, 6) is 0.671. The maximum Gasteiger partial charge on any atom is 0.125 e. The number of ether oxygens (including phenoxy) is 1. The van der Waals surface area contributed by atoms with Crippen molar-refractivity contribution in [3.05, 3.63) is 89.5 Å². The van der Waals surface area contributed by atoms with E-state index < -0.39 is 6.10 Å². The van der Waals surface area contributed by atoms with E-state index in [1.54, 1.807) is 18.2 Å². The summed E-state index contributed by atoms with van der Waals surface area (Å²) in [5.41, 5.74) is 6.64. The molecule has 5 heteroatoms. The summed E-state index contributed by atoms with van der Waals surface area (Å²) in [4.78, 5) is 5.58. The van der Waals surface area contributed by atoms with Gasteiger partial charge in [-0.1, -0.05) is 42.5 Å². The monoisotopic (exact) mass is 377 g/mol. The second kappa shape index (κ2) is 8.33. The Balaban J connectivity index is 1.38. The normalized spacial score (nSPS) is 18.2. The fourth-order valence-corrected chi connectivity index (χ4v) is 3.45. The molecule has 4 rings (SSSR count). The highest BCUT2D eigenvalue weighted by Crippen LogP contribution is 2.38. The van der Waals surface area contributed by atoms with Gasteiger partial charge >= 0.3 is 0 Å². The molecule has 0 amide bonds. The van der Waals surface area contributed by atoms with Crippen molar-refractivity contribution in [3.8, 4) is 11.5 Å². The minimum absolute atomic E-state index is 0.0882. The molecule has 3 aromatic rings. The van der Waals surface area contributed by atoms with Crippen molar-refractivity contribution in [2.45, 2.75) is 19.1 Å². The molecule has 3 N–H and O–H groups in total.